The molecule has 0 atom stereocenters. The first-order chi connectivity index (χ1) is 12.3. The van der Waals surface area contributed by atoms with Crippen LogP contribution in [0.2, 0.25) is 0 Å². The lowest BCUT2D eigenvalue weighted by atomic mass is 10.1. The summed E-state index contributed by atoms with van der Waals surface area (Å²) in [6.07, 6.45) is 2.40. The third kappa shape index (κ3) is 3.82. The summed E-state index contributed by atoms with van der Waals surface area (Å²) >= 11 is 3.51. The van der Waals surface area contributed by atoms with E-state index in [1.807, 2.05) is 48.5 Å². The van der Waals surface area contributed by atoms with Crippen LogP contribution in [0.1, 0.15) is 12.8 Å². The number of halogens is 1. The summed E-state index contributed by atoms with van der Waals surface area (Å²) in [6, 6.07) is 20.4. The van der Waals surface area contributed by atoms with Crippen molar-refractivity contribution in [2.24, 2.45) is 0 Å². The van der Waals surface area contributed by atoms with Crippen LogP contribution in [-0.2, 0) is 0 Å². The van der Waals surface area contributed by atoms with Crippen LogP contribution in [0.5, 0.6) is 0 Å². The highest BCUT2D eigenvalue weighted by Crippen LogP contribution is 2.27. The molecule has 1 aliphatic heterocycles. The fourth-order valence-electron chi connectivity index (χ4n) is 3.03. The fraction of sp³-hybridized carbons (Fsp3) is 0.200. The van der Waals surface area contributed by atoms with Crippen molar-refractivity contribution in [2.75, 3.05) is 23.3 Å². The summed E-state index contributed by atoms with van der Waals surface area (Å²) in [4.78, 5) is 11.8. The van der Waals surface area contributed by atoms with Crippen molar-refractivity contribution in [3.05, 3.63) is 65.1 Å². The molecule has 0 aliphatic carbocycles. The van der Waals surface area contributed by atoms with Crippen LogP contribution in [0.25, 0.3) is 11.3 Å². The predicted molar refractivity (Wildman–Crippen MR) is 106 cm³/mol. The molecule has 4 nitrogen and oxygen atoms in total. The third-order valence-electron chi connectivity index (χ3n) is 4.27. The summed E-state index contributed by atoms with van der Waals surface area (Å²) in [5.41, 5.74) is 3.04. The Labute approximate surface area is 156 Å². The first-order valence-electron chi connectivity index (χ1n) is 8.50. The molecule has 4 rings (SSSR count). The topological polar surface area (TPSA) is 41.1 Å². The Hall–Kier alpha value is -2.40. The highest BCUT2D eigenvalue weighted by atomic mass is 79.9. The molecule has 2 heterocycles. The lowest BCUT2D eigenvalue weighted by Crippen LogP contribution is -2.21. The molecular weight excluding hydrogens is 376 g/mol. The minimum Gasteiger partial charge on any atom is -0.341 e. The summed E-state index contributed by atoms with van der Waals surface area (Å²) in [6.45, 7) is 2.04. The normalized spacial score (nSPS) is 13.9. The molecule has 0 unspecified atom stereocenters. The maximum Gasteiger partial charge on any atom is 0.227 e. The molecule has 1 N–H and O–H groups in total. The zero-order valence-electron chi connectivity index (χ0n) is 13.8. The molecule has 1 saturated heterocycles. The van der Waals surface area contributed by atoms with E-state index in [2.05, 4.69) is 38.3 Å². The average Bonchev–Trinajstić information content (AvgIpc) is 3.17. The van der Waals surface area contributed by atoms with Crippen LogP contribution in [-0.4, -0.2) is 23.1 Å². The van der Waals surface area contributed by atoms with Crippen molar-refractivity contribution in [3.63, 3.8) is 0 Å². The maximum atomic E-state index is 4.81. The molecule has 126 valence electrons. The van der Waals surface area contributed by atoms with E-state index in [1.165, 1.54) is 12.8 Å². The Kier molecular flexibility index (Phi) is 4.65. The van der Waals surface area contributed by atoms with Crippen molar-refractivity contribution in [3.8, 4) is 11.3 Å². The monoisotopic (exact) mass is 394 g/mol. The zero-order chi connectivity index (χ0) is 17.1. The molecule has 0 amide bonds. The third-order valence-corrected chi connectivity index (χ3v) is 4.76. The highest BCUT2D eigenvalue weighted by Gasteiger charge is 2.17. The van der Waals surface area contributed by atoms with Gasteiger partial charge in [-0.3, -0.25) is 0 Å². The first kappa shape index (κ1) is 16.1. The Balaban J connectivity index is 1.73. The molecule has 0 spiro atoms. The quantitative estimate of drug-likeness (QED) is 0.655. The second-order valence-corrected chi connectivity index (χ2v) is 7.05. The summed E-state index contributed by atoms with van der Waals surface area (Å²) in [5.74, 6) is 1.62. The molecule has 0 radical (unpaired) electrons. The number of rotatable bonds is 4. The number of aromatic nitrogens is 2. The molecule has 0 bridgehead atoms. The van der Waals surface area contributed by atoms with Gasteiger partial charge >= 0.3 is 0 Å². The van der Waals surface area contributed by atoms with Crippen LogP contribution in [0.15, 0.2) is 65.1 Å². The molecule has 1 aliphatic rings. The molecule has 25 heavy (non-hydrogen) atoms. The van der Waals surface area contributed by atoms with Crippen LogP contribution >= 0.6 is 15.9 Å². The van der Waals surface area contributed by atoms with Gasteiger partial charge in [0.25, 0.3) is 0 Å². The number of nitrogens with one attached hydrogen (secondary N) is 1. The largest absolute Gasteiger partial charge is 0.341 e. The Morgan fingerprint density at radius 3 is 2.44 bits per heavy atom. The number of nitrogens with zero attached hydrogens (tertiary/aromatic N) is 3. The van der Waals surface area contributed by atoms with Crippen molar-refractivity contribution in [2.45, 2.75) is 12.8 Å². The lowest BCUT2D eigenvalue weighted by molar-refractivity contribution is 0.902. The minimum absolute atomic E-state index is 0.802. The van der Waals surface area contributed by atoms with Gasteiger partial charge in [-0.1, -0.05) is 52.3 Å². The summed E-state index contributed by atoms with van der Waals surface area (Å²) in [5, 5.41) is 3.41. The van der Waals surface area contributed by atoms with Gasteiger partial charge in [0.1, 0.15) is 5.82 Å². The molecule has 1 fully saturated rings. The lowest BCUT2D eigenvalue weighted by Gasteiger charge is -2.18. The smallest absolute Gasteiger partial charge is 0.227 e. The van der Waals surface area contributed by atoms with Crippen LogP contribution in [0, 0.1) is 0 Å². The fourth-order valence-corrected chi connectivity index (χ4v) is 3.43. The van der Waals surface area contributed by atoms with Gasteiger partial charge in [-0.15, -0.1) is 0 Å². The molecule has 5 heteroatoms. The standard InChI is InChI=1S/C20H19BrN4/c21-16-9-6-10-17(13-16)22-19-14-18(15-7-2-1-3-8-15)23-20(24-19)25-11-4-5-12-25/h1-3,6-10,13-14H,4-5,11-12H2,(H,22,23,24). The molecular formula is C20H19BrN4. The molecule has 1 aromatic heterocycles. The SMILES string of the molecule is Brc1cccc(Nc2cc(-c3ccccc3)nc(N3CCCC3)n2)c1. The van der Waals surface area contributed by atoms with Gasteiger partial charge in [0.2, 0.25) is 5.95 Å². The van der Waals surface area contributed by atoms with E-state index in [1.54, 1.807) is 0 Å². The second-order valence-electron chi connectivity index (χ2n) is 6.13. The van der Waals surface area contributed by atoms with E-state index in [4.69, 9.17) is 9.97 Å². The molecule has 2 aromatic carbocycles. The van der Waals surface area contributed by atoms with Gasteiger partial charge < -0.3 is 10.2 Å². The van der Waals surface area contributed by atoms with Crippen molar-refractivity contribution < 1.29 is 0 Å². The Bertz CT molecular complexity index is 861. The average molecular weight is 395 g/mol. The van der Waals surface area contributed by atoms with Crippen LogP contribution in [0.4, 0.5) is 17.5 Å². The summed E-state index contributed by atoms with van der Waals surface area (Å²) in [7, 11) is 0. The predicted octanol–water partition coefficient (Wildman–Crippen LogP) is 5.25. The van der Waals surface area contributed by atoms with Crippen LogP contribution in [0.3, 0.4) is 0 Å². The van der Waals surface area contributed by atoms with Gasteiger partial charge in [-0.25, -0.2) is 4.98 Å². The van der Waals surface area contributed by atoms with E-state index < -0.39 is 0 Å². The highest BCUT2D eigenvalue weighted by molar-refractivity contribution is 9.10. The molecule has 3 aromatic rings. The Morgan fingerprint density at radius 2 is 1.68 bits per heavy atom. The van der Waals surface area contributed by atoms with E-state index >= 15 is 0 Å². The number of anilines is 3. The van der Waals surface area contributed by atoms with Gasteiger partial charge in [0, 0.05) is 34.9 Å². The zero-order valence-corrected chi connectivity index (χ0v) is 15.4. The van der Waals surface area contributed by atoms with E-state index in [9.17, 15) is 0 Å². The van der Waals surface area contributed by atoms with Crippen molar-refractivity contribution >= 4 is 33.4 Å². The van der Waals surface area contributed by atoms with E-state index in [0.717, 1.165) is 46.3 Å². The molecule has 0 saturated carbocycles. The van der Waals surface area contributed by atoms with Gasteiger partial charge in [0.05, 0.1) is 5.69 Å². The maximum absolute atomic E-state index is 4.81. The van der Waals surface area contributed by atoms with Crippen molar-refractivity contribution in [1.29, 1.82) is 0 Å². The summed E-state index contributed by atoms with van der Waals surface area (Å²) < 4.78 is 1.04. The first-order valence-corrected chi connectivity index (χ1v) is 9.29. The van der Waals surface area contributed by atoms with Gasteiger partial charge in [-0.2, -0.15) is 4.98 Å². The number of hydrogen-bond acceptors (Lipinski definition) is 4. The Morgan fingerprint density at radius 1 is 0.880 bits per heavy atom. The van der Waals surface area contributed by atoms with Gasteiger partial charge in [0.15, 0.2) is 0 Å². The van der Waals surface area contributed by atoms with E-state index in [0.29, 0.717) is 0 Å². The van der Waals surface area contributed by atoms with Crippen molar-refractivity contribution in [1.82, 2.24) is 9.97 Å². The minimum atomic E-state index is 0.802. The van der Waals surface area contributed by atoms with E-state index in [-0.39, 0.29) is 0 Å². The number of benzene rings is 2. The van der Waals surface area contributed by atoms with Crippen LogP contribution < -0.4 is 10.2 Å². The number of hydrogen-bond donors (Lipinski definition) is 1. The second kappa shape index (κ2) is 7.23. The van der Waals surface area contributed by atoms with Gasteiger partial charge in [-0.05, 0) is 31.0 Å².